The largest absolute Gasteiger partial charge is 0.508 e. The third-order valence-corrected chi connectivity index (χ3v) is 8.24. The molecule has 260 valence electrons. The molecule has 0 aromatic heterocycles. The second-order valence-electron chi connectivity index (χ2n) is 11.6. The number of halogens is 2. The van der Waals surface area contributed by atoms with E-state index in [0.29, 0.717) is 29.2 Å². The van der Waals surface area contributed by atoms with E-state index in [1.54, 1.807) is 36.1 Å². The summed E-state index contributed by atoms with van der Waals surface area (Å²) in [4.78, 5) is 52.3. The number of β-lactam (4-membered cyclic amide) rings is 1. The Labute approximate surface area is 286 Å². The van der Waals surface area contributed by atoms with Gasteiger partial charge in [0, 0.05) is 5.69 Å². The van der Waals surface area contributed by atoms with Gasteiger partial charge in [-0.25, -0.2) is 13.6 Å². The molecule has 4 aromatic carbocycles. The van der Waals surface area contributed by atoms with Crippen LogP contribution in [-0.2, 0) is 19.2 Å². The number of amides is 3. The smallest absolute Gasteiger partial charge is 0.326 e. The van der Waals surface area contributed by atoms with Crippen molar-refractivity contribution in [3.63, 3.8) is 0 Å². The van der Waals surface area contributed by atoms with Crippen molar-refractivity contribution >= 4 is 29.4 Å². The molecule has 5 rings (SSSR count). The van der Waals surface area contributed by atoms with Gasteiger partial charge in [-0.15, -0.1) is 0 Å². The summed E-state index contributed by atoms with van der Waals surface area (Å²) in [7, 11) is 0. The second-order valence-corrected chi connectivity index (χ2v) is 11.6. The molecule has 4 aromatic rings. The van der Waals surface area contributed by atoms with Crippen LogP contribution in [0.2, 0.25) is 0 Å². The van der Waals surface area contributed by atoms with Crippen molar-refractivity contribution in [2.75, 3.05) is 18.1 Å². The lowest BCUT2D eigenvalue weighted by molar-refractivity contribution is -0.142. The molecular weight excluding hydrogens is 652 g/mol. The van der Waals surface area contributed by atoms with Gasteiger partial charge in [0.2, 0.25) is 11.8 Å². The van der Waals surface area contributed by atoms with Crippen LogP contribution in [0.15, 0.2) is 97.1 Å². The topological polar surface area (TPSA) is 154 Å². The zero-order chi connectivity index (χ0) is 35.8. The Bertz CT molecular complexity index is 1800. The molecule has 4 N–H and O–H groups in total. The van der Waals surface area contributed by atoms with Crippen LogP contribution in [0, 0.1) is 17.6 Å². The first-order valence-corrected chi connectivity index (χ1v) is 15.8. The van der Waals surface area contributed by atoms with E-state index in [4.69, 9.17) is 9.47 Å². The molecule has 0 spiro atoms. The zero-order valence-electron chi connectivity index (χ0n) is 26.9. The number of carbonyl (C=O) groups excluding carboxylic acids is 3. The number of phenols is 1. The fourth-order valence-electron chi connectivity index (χ4n) is 5.61. The number of carboxylic acids is 1. The Hall–Kier alpha value is -5.98. The maximum Gasteiger partial charge on any atom is 0.326 e. The number of hydrogen-bond donors (Lipinski definition) is 4. The fourth-order valence-corrected chi connectivity index (χ4v) is 5.61. The molecule has 1 fully saturated rings. The van der Waals surface area contributed by atoms with Crippen LogP contribution in [0.4, 0.5) is 14.5 Å². The Balaban J connectivity index is 1.25. The van der Waals surface area contributed by atoms with Gasteiger partial charge >= 0.3 is 5.97 Å². The van der Waals surface area contributed by atoms with E-state index in [-0.39, 0.29) is 24.7 Å². The molecule has 13 heteroatoms. The lowest BCUT2D eigenvalue weighted by Gasteiger charge is -2.47. The molecule has 0 saturated carbocycles. The number of anilines is 1. The number of benzene rings is 4. The summed E-state index contributed by atoms with van der Waals surface area (Å²) in [5, 5.41) is 24.0. The number of nitrogens with zero attached hydrogens (tertiary/aromatic N) is 1. The van der Waals surface area contributed by atoms with Gasteiger partial charge in [-0.1, -0.05) is 31.2 Å². The quantitative estimate of drug-likeness (QED) is 0.127. The van der Waals surface area contributed by atoms with Gasteiger partial charge in [0.05, 0.1) is 18.6 Å². The summed E-state index contributed by atoms with van der Waals surface area (Å²) >= 11 is 0. The maximum atomic E-state index is 13.7. The number of aromatic hydroxyl groups is 1. The summed E-state index contributed by atoms with van der Waals surface area (Å²) in [5.41, 5.74) is 1.59. The van der Waals surface area contributed by atoms with Crippen LogP contribution < -0.4 is 25.0 Å². The predicted octanol–water partition coefficient (Wildman–Crippen LogP) is 5.06. The molecular formula is C37H35F2N3O8. The van der Waals surface area contributed by atoms with Crippen LogP contribution >= 0.6 is 0 Å². The Morgan fingerprint density at radius 2 is 1.40 bits per heavy atom. The number of hydrogen-bond acceptors (Lipinski definition) is 7. The highest BCUT2D eigenvalue weighted by molar-refractivity contribution is 6.03. The second kappa shape index (κ2) is 15.9. The van der Waals surface area contributed by atoms with E-state index < -0.39 is 60.1 Å². The minimum Gasteiger partial charge on any atom is -0.508 e. The van der Waals surface area contributed by atoms with Crippen molar-refractivity contribution in [1.82, 2.24) is 10.6 Å². The Kier molecular flexibility index (Phi) is 11.3. The average Bonchev–Trinajstić information content (AvgIpc) is 3.11. The van der Waals surface area contributed by atoms with E-state index in [1.807, 2.05) is 0 Å². The molecule has 0 radical (unpaired) electrons. The highest BCUT2D eigenvalue weighted by atomic mass is 19.1. The molecule has 0 aliphatic carbocycles. The third-order valence-electron chi connectivity index (χ3n) is 8.24. The van der Waals surface area contributed by atoms with Gasteiger partial charge in [-0.05, 0) is 96.8 Å². The van der Waals surface area contributed by atoms with E-state index in [1.165, 1.54) is 72.8 Å². The van der Waals surface area contributed by atoms with Crippen LogP contribution in [-0.4, -0.2) is 53.2 Å². The van der Waals surface area contributed by atoms with Crippen molar-refractivity contribution in [3.8, 4) is 17.2 Å². The van der Waals surface area contributed by atoms with Crippen molar-refractivity contribution in [2.24, 2.45) is 5.92 Å². The molecule has 1 aliphatic rings. The minimum absolute atomic E-state index is 0.0558. The van der Waals surface area contributed by atoms with Crippen molar-refractivity contribution in [1.29, 1.82) is 0 Å². The zero-order valence-corrected chi connectivity index (χ0v) is 26.9. The number of carbonyl (C=O) groups is 4. The SMILES string of the molecule is CC[C@H](NC(=O)[C@H](NC(=O)COc1ccc(C2C(CCOc3ccc(F)cc3)C(=O)N2c2ccc(F)cc2)cc1)c1ccc(O)cc1)C(=O)O. The highest BCUT2D eigenvalue weighted by Gasteiger charge is 2.48. The van der Waals surface area contributed by atoms with Gasteiger partial charge in [-0.2, -0.15) is 0 Å². The number of ether oxygens (including phenoxy) is 2. The van der Waals surface area contributed by atoms with Crippen LogP contribution in [0.5, 0.6) is 17.2 Å². The number of carboxylic acid groups (broad SMARTS) is 1. The normalized spacial score (nSPS) is 16.5. The summed E-state index contributed by atoms with van der Waals surface area (Å²) < 4.78 is 38.3. The number of aliphatic carboxylic acids is 1. The van der Waals surface area contributed by atoms with Crippen LogP contribution in [0.1, 0.15) is 43.0 Å². The molecule has 0 bridgehead atoms. The van der Waals surface area contributed by atoms with Crippen LogP contribution in [0.25, 0.3) is 0 Å². The summed E-state index contributed by atoms with van der Waals surface area (Å²) in [6.45, 7) is 1.31. The maximum absolute atomic E-state index is 13.7. The standard InChI is InChI=1S/C37H35F2N3O8/c1-2-31(37(47)48)40-35(45)33(22-3-13-27(43)14-4-22)41-32(44)21-50-29-15-5-23(6-16-29)34-30(19-20-49-28-17-9-25(39)10-18-28)36(46)42(34)26-11-7-24(38)8-12-26/h3-18,30-31,33-34,43H,2,19-21H2,1H3,(H,40,45)(H,41,44)(H,47,48)/t30?,31-,33+,34?/m0/s1. The van der Waals surface area contributed by atoms with Crippen molar-refractivity contribution in [3.05, 3.63) is 120 Å². The Morgan fingerprint density at radius 1 is 0.820 bits per heavy atom. The molecule has 2 unspecified atom stereocenters. The number of rotatable bonds is 15. The first-order valence-electron chi connectivity index (χ1n) is 15.8. The van der Waals surface area contributed by atoms with Crippen LogP contribution in [0.3, 0.4) is 0 Å². The average molecular weight is 688 g/mol. The number of phenolic OH excluding ortho intramolecular Hbond substituents is 1. The molecule has 4 atom stereocenters. The third kappa shape index (κ3) is 8.53. The molecule has 1 heterocycles. The summed E-state index contributed by atoms with van der Waals surface area (Å²) in [5.74, 6) is -3.36. The van der Waals surface area contributed by atoms with Crippen molar-refractivity contribution < 1.29 is 47.6 Å². The molecule has 1 aliphatic heterocycles. The monoisotopic (exact) mass is 687 g/mol. The van der Waals surface area contributed by atoms with Crippen molar-refractivity contribution in [2.45, 2.75) is 37.9 Å². The minimum atomic E-state index is -1.26. The Morgan fingerprint density at radius 3 is 2.00 bits per heavy atom. The van der Waals surface area contributed by atoms with E-state index in [2.05, 4.69) is 10.6 Å². The van der Waals surface area contributed by atoms with E-state index >= 15 is 0 Å². The summed E-state index contributed by atoms with van der Waals surface area (Å²) in [6.07, 6.45) is 0.482. The van der Waals surface area contributed by atoms with Gasteiger partial charge in [0.15, 0.2) is 6.61 Å². The first kappa shape index (κ1) is 35.3. The molecule has 1 saturated heterocycles. The van der Waals surface area contributed by atoms with E-state index in [9.17, 15) is 38.2 Å². The first-order chi connectivity index (χ1) is 24.0. The van der Waals surface area contributed by atoms with Gasteiger partial charge in [-0.3, -0.25) is 14.4 Å². The highest BCUT2D eigenvalue weighted by Crippen LogP contribution is 2.45. The molecule has 50 heavy (non-hydrogen) atoms. The molecule has 11 nitrogen and oxygen atoms in total. The van der Waals surface area contributed by atoms with Gasteiger partial charge in [0.25, 0.3) is 5.91 Å². The predicted molar refractivity (Wildman–Crippen MR) is 177 cm³/mol. The lowest BCUT2D eigenvalue weighted by Crippen LogP contribution is -2.55. The summed E-state index contributed by atoms with van der Waals surface area (Å²) in [6, 6.07) is 20.6. The molecule has 3 amide bonds. The lowest BCUT2D eigenvalue weighted by atomic mass is 9.80. The van der Waals surface area contributed by atoms with Gasteiger partial charge < -0.3 is 35.2 Å². The van der Waals surface area contributed by atoms with Gasteiger partial charge in [0.1, 0.15) is 41.0 Å². The number of nitrogens with one attached hydrogen (secondary N) is 2. The fraction of sp³-hybridized carbons (Fsp3) is 0.243. The van der Waals surface area contributed by atoms with E-state index in [0.717, 1.165) is 5.56 Å².